The largest absolute Gasteiger partial charge is 0.318 e. The Morgan fingerprint density at radius 3 is 2.42 bits per heavy atom. The molecule has 0 unspecified atom stereocenters. The zero-order valence-corrected chi connectivity index (χ0v) is 16.4. The summed E-state index contributed by atoms with van der Waals surface area (Å²) in [6.45, 7) is 9.94. The molecule has 0 spiro atoms. The summed E-state index contributed by atoms with van der Waals surface area (Å²) in [5.41, 5.74) is 1.56. The van der Waals surface area contributed by atoms with E-state index < -0.39 is 0 Å². The first kappa shape index (κ1) is 20.3. The van der Waals surface area contributed by atoms with Crippen molar-refractivity contribution in [3.05, 3.63) is 29.6 Å². The molecule has 2 aromatic heterocycles. The number of aromatic nitrogens is 5. The first-order valence-corrected chi connectivity index (χ1v) is 8.62. The smallest absolute Gasteiger partial charge is 0.278 e. The molecule has 2 aromatic rings. The molecule has 0 saturated carbocycles. The normalized spacial score (nSPS) is 15.4. The van der Waals surface area contributed by atoms with Crippen LogP contribution in [-0.4, -0.2) is 44.0 Å². The number of hydrogen-bond acceptors (Lipinski definition) is 6. The molecule has 1 aliphatic rings. The second-order valence-corrected chi connectivity index (χ2v) is 7.45. The molecule has 8 nitrogen and oxygen atoms in total. The second-order valence-electron chi connectivity index (χ2n) is 7.45. The maximum Gasteiger partial charge on any atom is 0.278 e. The van der Waals surface area contributed by atoms with Crippen molar-refractivity contribution in [1.29, 1.82) is 0 Å². The van der Waals surface area contributed by atoms with E-state index in [0.29, 0.717) is 17.4 Å². The summed E-state index contributed by atoms with van der Waals surface area (Å²) in [4.78, 5) is 21.2. The van der Waals surface area contributed by atoms with E-state index in [0.717, 1.165) is 37.4 Å². The fourth-order valence-electron chi connectivity index (χ4n) is 2.92. The summed E-state index contributed by atoms with van der Waals surface area (Å²) in [5, 5.41) is 14.4. The third-order valence-electron chi connectivity index (χ3n) is 4.38. The fraction of sp³-hybridized carbons (Fsp3) is 0.588. The van der Waals surface area contributed by atoms with E-state index >= 15 is 0 Å². The lowest BCUT2D eigenvalue weighted by atomic mass is 9.96. The molecule has 0 bridgehead atoms. The molecule has 1 aliphatic heterocycles. The lowest BCUT2D eigenvalue weighted by molar-refractivity contribution is 0.102. The summed E-state index contributed by atoms with van der Waals surface area (Å²) < 4.78 is 1.87. The Balaban J connectivity index is 0.00000243. The highest BCUT2D eigenvalue weighted by atomic mass is 35.5. The van der Waals surface area contributed by atoms with Gasteiger partial charge >= 0.3 is 0 Å². The second kappa shape index (κ2) is 8.09. The van der Waals surface area contributed by atoms with E-state index in [1.165, 1.54) is 0 Å². The Labute approximate surface area is 159 Å². The molecular weight excluding hydrogens is 354 g/mol. The van der Waals surface area contributed by atoms with Crippen LogP contribution in [-0.2, 0) is 5.41 Å². The van der Waals surface area contributed by atoms with Crippen molar-refractivity contribution < 1.29 is 4.79 Å². The van der Waals surface area contributed by atoms with E-state index in [9.17, 15) is 4.79 Å². The van der Waals surface area contributed by atoms with Crippen LogP contribution in [0.5, 0.6) is 0 Å². The van der Waals surface area contributed by atoms with Gasteiger partial charge in [-0.3, -0.25) is 4.79 Å². The quantitative estimate of drug-likeness (QED) is 0.848. The molecule has 1 fully saturated rings. The third-order valence-corrected chi connectivity index (χ3v) is 4.38. The number of nitrogens with one attached hydrogen (secondary N) is 2. The zero-order chi connectivity index (χ0) is 18.0. The van der Waals surface area contributed by atoms with Gasteiger partial charge in [0, 0.05) is 5.41 Å². The number of halogens is 1. The third kappa shape index (κ3) is 4.37. The Bertz CT molecular complexity index is 745. The topological polar surface area (TPSA) is 97.6 Å². The first-order valence-electron chi connectivity index (χ1n) is 8.62. The van der Waals surface area contributed by atoms with Crippen LogP contribution in [0.1, 0.15) is 61.7 Å². The number of amides is 1. The Morgan fingerprint density at radius 2 is 1.85 bits per heavy atom. The SMILES string of the molecule is Cc1c(C(=O)Nc2cnc(C(C)(C)C)nc2)nnn1C1CCNCC1.Cl. The average Bonchev–Trinajstić information content (AvgIpc) is 2.97. The van der Waals surface area contributed by atoms with Gasteiger partial charge in [-0.15, -0.1) is 17.5 Å². The number of anilines is 1. The highest BCUT2D eigenvalue weighted by Gasteiger charge is 2.23. The standard InChI is InChI=1S/C17H25N7O.ClH/c1-11-14(22-23-24(11)13-5-7-18-8-6-13)15(25)21-12-9-19-16(20-10-12)17(2,3)4;/h9-10,13,18H,5-8H2,1-4H3,(H,21,25);1H. The van der Waals surface area contributed by atoms with E-state index in [1.807, 2.05) is 32.4 Å². The maximum absolute atomic E-state index is 12.5. The molecule has 3 heterocycles. The number of hydrogen-bond donors (Lipinski definition) is 2. The van der Waals surface area contributed by atoms with Crippen LogP contribution in [0.15, 0.2) is 12.4 Å². The van der Waals surface area contributed by atoms with E-state index in [1.54, 1.807) is 12.4 Å². The van der Waals surface area contributed by atoms with Gasteiger partial charge in [0.2, 0.25) is 0 Å². The van der Waals surface area contributed by atoms with Gasteiger partial charge in [-0.25, -0.2) is 14.6 Å². The molecular formula is C17H26ClN7O. The molecule has 26 heavy (non-hydrogen) atoms. The van der Waals surface area contributed by atoms with E-state index in [4.69, 9.17) is 0 Å². The lowest BCUT2D eigenvalue weighted by Gasteiger charge is -2.23. The number of carbonyl (C=O) groups is 1. The van der Waals surface area contributed by atoms with Gasteiger partial charge in [0.05, 0.1) is 29.8 Å². The number of piperidine rings is 1. The van der Waals surface area contributed by atoms with Crippen LogP contribution in [0, 0.1) is 6.92 Å². The molecule has 0 atom stereocenters. The number of carbonyl (C=O) groups excluding carboxylic acids is 1. The summed E-state index contributed by atoms with van der Waals surface area (Å²) in [6.07, 6.45) is 5.23. The summed E-state index contributed by atoms with van der Waals surface area (Å²) in [6, 6.07) is 0.296. The zero-order valence-electron chi connectivity index (χ0n) is 15.6. The molecule has 3 rings (SSSR count). The maximum atomic E-state index is 12.5. The van der Waals surface area contributed by atoms with Crippen molar-refractivity contribution in [3.8, 4) is 0 Å². The van der Waals surface area contributed by atoms with Crippen LogP contribution in [0.25, 0.3) is 0 Å². The predicted molar refractivity (Wildman–Crippen MR) is 102 cm³/mol. The van der Waals surface area contributed by atoms with E-state index in [2.05, 4.69) is 30.9 Å². The van der Waals surface area contributed by atoms with Crippen LogP contribution in [0.3, 0.4) is 0 Å². The lowest BCUT2D eigenvalue weighted by Crippen LogP contribution is -2.30. The van der Waals surface area contributed by atoms with Crippen LogP contribution >= 0.6 is 12.4 Å². The Kier molecular flexibility index (Phi) is 6.30. The average molecular weight is 380 g/mol. The molecule has 2 N–H and O–H groups in total. The molecule has 0 radical (unpaired) electrons. The van der Waals surface area contributed by atoms with Gasteiger partial charge in [0.15, 0.2) is 5.69 Å². The number of nitrogens with zero attached hydrogens (tertiary/aromatic N) is 5. The van der Waals surface area contributed by atoms with Gasteiger partial charge in [-0.1, -0.05) is 26.0 Å². The van der Waals surface area contributed by atoms with Crippen LogP contribution in [0.2, 0.25) is 0 Å². The minimum absolute atomic E-state index is 0. The Morgan fingerprint density at radius 1 is 1.23 bits per heavy atom. The molecule has 9 heteroatoms. The predicted octanol–water partition coefficient (Wildman–Crippen LogP) is 2.27. The van der Waals surface area contributed by atoms with Gasteiger partial charge in [-0.2, -0.15) is 0 Å². The van der Waals surface area contributed by atoms with Crippen molar-refractivity contribution in [1.82, 2.24) is 30.3 Å². The highest BCUT2D eigenvalue weighted by molar-refractivity contribution is 6.03. The van der Waals surface area contributed by atoms with Gasteiger partial charge < -0.3 is 10.6 Å². The molecule has 0 aromatic carbocycles. The van der Waals surface area contributed by atoms with Crippen molar-refractivity contribution in [2.24, 2.45) is 0 Å². The first-order chi connectivity index (χ1) is 11.9. The van der Waals surface area contributed by atoms with Crippen LogP contribution < -0.4 is 10.6 Å². The summed E-state index contributed by atoms with van der Waals surface area (Å²) in [7, 11) is 0. The van der Waals surface area contributed by atoms with Crippen molar-refractivity contribution in [2.45, 2.75) is 52.0 Å². The minimum Gasteiger partial charge on any atom is -0.318 e. The molecule has 0 aliphatic carbocycles. The summed E-state index contributed by atoms with van der Waals surface area (Å²) in [5.74, 6) is 0.448. The monoisotopic (exact) mass is 379 g/mol. The molecule has 1 saturated heterocycles. The fourth-order valence-corrected chi connectivity index (χ4v) is 2.92. The number of rotatable bonds is 3. The minimum atomic E-state index is -0.287. The van der Waals surface area contributed by atoms with Gasteiger partial charge in [0.1, 0.15) is 5.82 Å². The van der Waals surface area contributed by atoms with Crippen molar-refractivity contribution >= 4 is 24.0 Å². The Hall–Kier alpha value is -2.06. The summed E-state index contributed by atoms with van der Waals surface area (Å²) >= 11 is 0. The van der Waals surface area contributed by atoms with Gasteiger partial charge in [0.25, 0.3) is 5.91 Å². The molecule has 142 valence electrons. The molecule has 1 amide bonds. The van der Waals surface area contributed by atoms with E-state index in [-0.39, 0.29) is 23.7 Å². The van der Waals surface area contributed by atoms with Crippen LogP contribution in [0.4, 0.5) is 5.69 Å². The van der Waals surface area contributed by atoms with Crippen molar-refractivity contribution in [3.63, 3.8) is 0 Å². The van der Waals surface area contributed by atoms with Crippen molar-refractivity contribution in [2.75, 3.05) is 18.4 Å². The van der Waals surface area contributed by atoms with Gasteiger partial charge in [-0.05, 0) is 32.9 Å². The highest BCUT2D eigenvalue weighted by Crippen LogP contribution is 2.21.